The highest BCUT2D eigenvalue weighted by atomic mass is 19.4. The van der Waals surface area contributed by atoms with Crippen LogP contribution in [0.15, 0.2) is 24.3 Å². The average molecular weight is 291 g/mol. The van der Waals surface area contributed by atoms with E-state index >= 15 is 0 Å². The Labute approximate surface area is 114 Å². The van der Waals surface area contributed by atoms with Crippen LogP contribution in [0.4, 0.5) is 23.7 Å². The molecule has 0 saturated carbocycles. The summed E-state index contributed by atoms with van der Waals surface area (Å²) < 4.78 is 39.6. The molecule has 0 unspecified atom stereocenters. The van der Waals surface area contributed by atoms with Gasteiger partial charge in [0.1, 0.15) is 5.75 Å². The first-order chi connectivity index (χ1) is 9.11. The highest BCUT2D eigenvalue weighted by Crippen LogP contribution is 2.23. The fourth-order valence-corrected chi connectivity index (χ4v) is 1.26. The second kappa shape index (κ2) is 6.00. The van der Waals surface area contributed by atoms with Crippen LogP contribution in [0.5, 0.6) is 5.75 Å². The van der Waals surface area contributed by atoms with Crippen molar-refractivity contribution in [3.05, 3.63) is 24.3 Å². The molecule has 5 nitrogen and oxygen atoms in total. The molecule has 0 radical (unpaired) electrons. The summed E-state index contributed by atoms with van der Waals surface area (Å²) in [6.45, 7) is 3.73. The minimum Gasteiger partial charge on any atom is -0.406 e. The highest BCUT2D eigenvalue weighted by Gasteiger charge is 2.31. The molecule has 0 atom stereocenters. The Morgan fingerprint density at radius 2 is 1.80 bits per heavy atom. The predicted molar refractivity (Wildman–Crippen MR) is 68.4 cm³/mol. The molecule has 0 bridgehead atoms. The lowest BCUT2D eigenvalue weighted by molar-refractivity contribution is -0.274. The van der Waals surface area contributed by atoms with E-state index < -0.39 is 17.9 Å². The zero-order valence-corrected chi connectivity index (χ0v) is 11.0. The van der Waals surface area contributed by atoms with Gasteiger partial charge < -0.3 is 21.1 Å². The number of nitrogens with two attached hydrogens (primary N) is 1. The molecule has 0 aliphatic rings. The molecule has 0 saturated heterocycles. The molecule has 0 spiro atoms. The van der Waals surface area contributed by atoms with Crippen molar-refractivity contribution >= 4 is 11.7 Å². The first kappa shape index (κ1) is 16.1. The molecule has 0 aromatic heterocycles. The van der Waals surface area contributed by atoms with Crippen molar-refractivity contribution in [3.8, 4) is 5.75 Å². The van der Waals surface area contributed by atoms with Gasteiger partial charge in [-0.2, -0.15) is 0 Å². The summed E-state index contributed by atoms with van der Waals surface area (Å²) in [5.41, 5.74) is 5.22. The van der Waals surface area contributed by atoms with Crippen molar-refractivity contribution in [1.29, 1.82) is 0 Å². The van der Waals surface area contributed by atoms with Crippen molar-refractivity contribution in [3.63, 3.8) is 0 Å². The molecule has 20 heavy (non-hydrogen) atoms. The number of nitrogens with one attached hydrogen (secondary N) is 2. The molecule has 1 rings (SSSR count). The third-order valence-electron chi connectivity index (χ3n) is 2.31. The van der Waals surface area contributed by atoms with E-state index in [0.717, 1.165) is 12.1 Å². The monoisotopic (exact) mass is 291 g/mol. The number of rotatable bonds is 4. The van der Waals surface area contributed by atoms with Gasteiger partial charge >= 0.3 is 12.4 Å². The van der Waals surface area contributed by atoms with Gasteiger partial charge in [0.05, 0.1) is 0 Å². The number of hydrogen-bond acceptors (Lipinski definition) is 3. The largest absolute Gasteiger partial charge is 0.573 e. The van der Waals surface area contributed by atoms with Crippen LogP contribution in [0, 0.1) is 0 Å². The molecule has 1 aromatic carbocycles. The molecule has 0 aliphatic carbocycles. The number of benzene rings is 1. The summed E-state index contributed by atoms with van der Waals surface area (Å²) in [7, 11) is 0. The fraction of sp³-hybridized carbons (Fsp3) is 0.417. The Morgan fingerprint density at radius 1 is 1.25 bits per heavy atom. The van der Waals surface area contributed by atoms with E-state index in [1.165, 1.54) is 12.1 Å². The molecule has 0 aliphatic heterocycles. The van der Waals surface area contributed by atoms with Gasteiger partial charge in [-0.05, 0) is 38.1 Å². The Hall–Kier alpha value is -1.96. The predicted octanol–water partition coefficient (Wildman–Crippen LogP) is 2.44. The SMILES string of the molecule is CC(C)(CN)NC(=O)Nc1ccc(OC(F)(F)F)cc1. The van der Waals surface area contributed by atoms with Crippen LogP contribution < -0.4 is 21.1 Å². The van der Waals surface area contributed by atoms with E-state index in [1.807, 2.05) is 0 Å². The Bertz CT molecular complexity index is 458. The second-order valence-corrected chi connectivity index (χ2v) is 4.74. The number of urea groups is 1. The van der Waals surface area contributed by atoms with E-state index in [4.69, 9.17) is 5.73 Å². The van der Waals surface area contributed by atoms with E-state index in [2.05, 4.69) is 15.4 Å². The number of anilines is 1. The lowest BCUT2D eigenvalue weighted by atomic mass is 10.1. The fourth-order valence-electron chi connectivity index (χ4n) is 1.26. The van der Waals surface area contributed by atoms with Crippen molar-refractivity contribution in [2.75, 3.05) is 11.9 Å². The number of ether oxygens (including phenoxy) is 1. The topological polar surface area (TPSA) is 76.4 Å². The van der Waals surface area contributed by atoms with Gasteiger partial charge in [-0.15, -0.1) is 13.2 Å². The maximum atomic E-state index is 12.0. The third-order valence-corrected chi connectivity index (χ3v) is 2.31. The number of carbonyl (C=O) groups is 1. The molecular formula is C12H16F3N3O2. The number of halogens is 3. The number of amides is 2. The van der Waals surface area contributed by atoms with Crippen molar-refractivity contribution < 1.29 is 22.7 Å². The lowest BCUT2D eigenvalue weighted by Crippen LogP contribution is -2.50. The van der Waals surface area contributed by atoms with Crippen LogP contribution in [0.2, 0.25) is 0 Å². The first-order valence-electron chi connectivity index (χ1n) is 5.76. The zero-order chi connectivity index (χ0) is 15.4. The van der Waals surface area contributed by atoms with Crippen LogP contribution in [-0.4, -0.2) is 24.5 Å². The van der Waals surface area contributed by atoms with E-state index in [-0.39, 0.29) is 12.3 Å². The maximum absolute atomic E-state index is 12.0. The van der Waals surface area contributed by atoms with Crippen molar-refractivity contribution in [2.24, 2.45) is 5.73 Å². The normalized spacial score (nSPS) is 11.9. The van der Waals surface area contributed by atoms with Crippen molar-refractivity contribution in [1.82, 2.24) is 5.32 Å². The van der Waals surface area contributed by atoms with Gasteiger partial charge in [-0.3, -0.25) is 0 Å². The summed E-state index contributed by atoms with van der Waals surface area (Å²) in [5, 5.41) is 5.10. The van der Waals surface area contributed by atoms with Gasteiger partial charge in [-0.1, -0.05) is 0 Å². The highest BCUT2D eigenvalue weighted by molar-refractivity contribution is 5.89. The average Bonchev–Trinajstić information content (AvgIpc) is 2.29. The first-order valence-corrected chi connectivity index (χ1v) is 5.76. The minimum absolute atomic E-state index is 0.249. The van der Waals surface area contributed by atoms with Crippen LogP contribution in [-0.2, 0) is 0 Å². The molecule has 0 heterocycles. The zero-order valence-electron chi connectivity index (χ0n) is 11.0. The summed E-state index contributed by atoms with van der Waals surface area (Å²) in [4.78, 5) is 11.6. The number of alkyl halides is 3. The molecular weight excluding hydrogens is 275 g/mol. The standard InChI is InChI=1S/C12H16F3N3O2/c1-11(2,7-16)18-10(19)17-8-3-5-9(6-4-8)20-12(13,14)15/h3-6H,7,16H2,1-2H3,(H2,17,18,19). The molecule has 0 fully saturated rings. The summed E-state index contributed by atoms with van der Waals surface area (Å²) >= 11 is 0. The van der Waals surface area contributed by atoms with Gasteiger partial charge in [0.2, 0.25) is 0 Å². The summed E-state index contributed by atoms with van der Waals surface area (Å²) in [6, 6.07) is 4.32. The van der Waals surface area contributed by atoms with Gasteiger partial charge in [0.15, 0.2) is 0 Å². The molecule has 112 valence electrons. The smallest absolute Gasteiger partial charge is 0.406 e. The van der Waals surface area contributed by atoms with E-state index in [9.17, 15) is 18.0 Å². The Morgan fingerprint density at radius 3 is 2.25 bits per heavy atom. The van der Waals surface area contributed by atoms with Crippen LogP contribution >= 0.6 is 0 Å². The Balaban J connectivity index is 2.60. The minimum atomic E-state index is -4.74. The quantitative estimate of drug-likeness (QED) is 0.797. The Kier molecular flexibility index (Phi) is 4.83. The summed E-state index contributed by atoms with van der Waals surface area (Å²) in [5.74, 6) is -0.356. The molecule has 2 amide bonds. The van der Waals surface area contributed by atoms with Gasteiger partial charge in [0.25, 0.3) is 0 Å². The van der Waals surface area contributed by atoms with Gasteiger partial charge in [-0.25, -0.2) is 4.79 Å². The second-order valence-electron chi connectivity index (χ2n) is 4.74. The lowest BCUT2D eigenvalue weighted by Gasteiger charge is -2.24. The third kappa shape index (κ3) is 5.79. The number of hydrogen-bond donors (Lipinski definition) is 3. The van der Waals surface area contributed by atoms with E-state index in [0.29, 0.717) is 5.69 Å². The van der Waals surface area contributed by atoms with E-state index in [1.54, 1.807) is 13.8 Å². The maximum Gasteiger partial charge on any atom is 0.573 e. The molecule has 8 heteroatoms. The van der Waals surface area contributed by atoms with Crippen LogP contribution in [0.1, 0.15) is 13.8 Å². The van der Waals surface area contributed by atoms with Gasteiger partial charge in [0, 0.05) is 17.8 Å². The van der Waals surface area contributed by atoms with Crippen molar-refractivity contribution in [2.45, 2.75) is 25.7 Å². The molecule has 1 aromatic rings. The summed E-state index contributed by atoms with van der Waals surface area (Å²) in [6.07, 6.45) is -4.74. The van der Waals surface area contributed by atoms with Crippen LogP contribution in [0.3, 0.4) is 0 Å². The van der Waals surface area contributed by atoms with Crippen LogP contribution in [0.25, 0.3) is 0 Å². The number of carbonyl (C=O) groups excluding carboxylic acids is 1. The molecule has 4 N–H and O–H groups in total.